The Morgan fingerprint density at radius 3 is 3.00 bits per heavy atom. The van der Waals surface area contributed by atoms with Gasteiger partial charge in [0.15, 0.2) is 0 Å². The number of nitrogens with one attached hydrogen (secondary N) is 1. The molecule has 116 valence electrons. The molecule has 20 heavy (non-hydrogen) atoms. The second kappa shape index (κ2) is 6.87. The standard InChI is InChI=1S/C15H28N2O3/c1-4-19-14(18)15(2,16-3)8-9-17-10-11-20-13-7-5-6-12(13)17/h12-13,16H,4-11H2,1-3H3. The molecule has 1 aliphatic carbocycles. The van der Waals surface area contributed by atoms with Crippen LogP contribution in [0.25, 0.3) is 0 Å². The summed E-state index contributed by atoms with van der Waals surface area (Å²) in [6.07, 6.45) is 4.84. The summed E-state index contributed by atoms with van der Waals surface area (Å²) in [5.74, 6) is -0.154. The minimum Gasteiger partial charge on any atom is -0.465 e. The zero-order valence-electron chi connectivity index (χ0n) is 13.0. The van der Waals surface area contributed by atoms with Crippen LogP contribution in [-0.4, -0.2) is 61.9 Å². The molecule has 5 nitrogen and oxygen atoms in total. The molecule has 1 aliphatic heterocycles. The summed E-state index contributed by atoms with van der Waals surface area (Å²) in [7, 11) is 1.83. The van der Waals surface area contributed by atoms with Crippen LogP contribution in [0.5, 0.6) is 0 Å². The van der Waals surface area contributed by atoms with Gasteiger partial charge in [-0.15, -0.1) is 0 Å². The van der Waals surface area contributed by atoms with Gasteiger partial charge in [-0.25, -0.2) is 0 Å². The molecule has 2 fully saturated rings. The maximum absolute atomic E-state index is 12.1. The van der Waals surface area contributed by atoms with Crippen molar-refractivity contribution in [3.8, 4) is 0 Å². The Balaban J connectivity index is 1.90. The average molecular weight is 284 g/mol. The van der Waals surface area contributed by atoms with Crippen molar-refractivity contribution in [1.82, 2.24) is 10.2 Å². The molecule has 0 aromatic carbocycles. The van der Waals surface area contributed by atoms with Crippen LogP contribution in [-0.2, 0) is 14.3 Å². The zero-order valence-corrected chi connectivity index (χ0v) is 13.0. The first-order valence-electron chi connectivity index (χ1n) is 7.82. The third-order valence-corrected chi connectivity index (χ3v) is 4.77. The molecule has 0 spiro atoms. The molecule has 2 aliphatic rings. The van der Waals surface area contributed by atoms with Gasteiger partial charge in [0.05, 0.1) is 19.3 Å². The lowest BCUT2D eigenvalue weighted by atomic mass is 9.97. The molecule has 3 unspecified atom stereocenters. The van der Waals surface area contributed by atoms with Crippen molar-refractivity contribution < 1.29 is 14.3 Å². The van der Waals surface area contributed by atoms with Crippen LogP contribution in [0.15, 0.2) is 0 Å². The Morgan fingerprint density at radius 1 is 1.50 bits per heavy atom. The van der Waals surface area contributed by atoms with E-state index >= 15 is 0 Å². The van der Waals surface area contributed by atoms with Gasteiger partial charge in [-0.2, -0.15) is 0 Å². The molecular formula is C15H28N2O3. The van der Waals surface area contributed by atoms with Gasteiger partial charge in [0.1, 0.15) is 5.54 Å². The predicted molar refractivity (Wildman–Crippen MR) is 77.7 cm³/mol. The topological polar surface area (TPSA) is 50.8 Å². The smallest absolute Gasteiger partial charge is 0.326 e. The van der Waals surface area contributed by atoms with Gasteiger partial charge in [0.25, 0.3) is 0 Å². The lowest BCUT2D eigenvalue weighted by Crippen LogP contribution is -2.54. The van der Waals surface area contributed by atoms with Gasteiger partial charge in [0, 0.05) is 19.1 Å². The van der Waals surface area contributed by atoms with Crippen molar-refractivity contribution >= 4 is 5.97 Å². The van der Waals surface area contributed by atoms with E-state index in [1.807, 2.05) is 20.9 Å². The molecule has 0 aromatic rings. The second-order valence-corrected chi connectivity index (χ2v) is 6.00. The Bertz CT molecular complexity index is 337. The number of rotatable bonds is 6. The van der Waals surface area contributed by atoms with Gasteiger partial charge < -0.3 is 14.8 Å². The number of hydrogen-bond donors (Lipinski definition) is 1. The van der Waals surface area contributed by atoms with Crippen LogP contribution in [0.4, 0.5) is 0 Å². The second-order valence-electron chi connectivity index (χ2n) is 6.00. The quantitative estimate of drug-likeness (QED) is 0.742. The fourth-order valence-electron chi connectivity index (χ4n) is 3.27. The first-order chi connectivity index (χ1) is 9.60. The summed E-state index contributed by atoms with van der Waals surface area (Å²) in [5, 5.41) is 3.13. The molecule has 0 aromatic heterocycles. The van der Waals surface area contributed by atoms with Crippen LogP contribution in [0.3, 0.4) is 0 Å². The van der Waals surface area contributed by atoms with E-state index in [1.54, 1.807) is 0 Å². The van der Waals surface area contributed by atoms with Crippen LogP contribution in [0.2, 0.25) is 0 Å². The molecule has 1 N–H and O–H groups in total. The van der Waals surface area contributed by atoms with E-state index in [0.717, 1.165) is 26.1 Å². The molecule has 1 saturated heterocycles. The number of carbonyl (C=O) groups is 1. The number of morpholine rings is 1. The van der Waals surface area contributed by atoms with E-state index in [2.05, 4.69) is 10.2 Å². The van der Waals surface area contributed by atoms with Crippen molar-refractivity contribution in [3.05, 3.63) is 0 Å². The molecule has 0 radical (unpaired) electrons. The summed E-state index contributed by atoms with van der Waals surface area (Å²) in [6, 6.07) is 0.548. The Kier molecular flexibility index (Phi) is 5.41. The van der Waals surface area contributed by atoms with Crippen LogP contribution < -0.4 is 5.32 Å². The number of likely N-dealkylation sites (N-methyl/N-ethyl adjacent to an activating group) is 1. The monoisotopic (exact) mass is 284 g/mol. The first-order valence-corrected chi connectivity index (χ1v) is 7.82. The van der Waals surface area contributed by atoms with Crippen molar-refractivity contribution in [2.24, 2.45) is 0 Å². The number of fused-ring (bicyclic) bond motifs is 1. The maximum Gasteiger partial charge on any atom is 0.326 e. The SMILES string of the molecule is CCOC(=O)C(C)(CCN1CCOC2CCCC21)NC. The lowest BCUT2D eigenvalue weighted by Gasteiger charge is -2.39. The number of nitrogens with zero attached hydrogens (tertiary/aromatic N) is 1. The third kappa shape index (κ3) is 3.32. The number of ether oxygens (including phenoxy) is 2. The molecule has 1 heterocycles. The van der Waals surface area contributed by atoms with E-state index in [9.17, 15) is 4.79 Å². The summed E-state index contributed by atoms with van der Waals surface area (Å²) in [6.45, 7) is 6.91. The van der Waals surface area contributed by atoms with Crippen molar-refractivity contribution in [2.75, 3.05) is 33.4 Å². The Hall–Kier alpha value is -0.650. The number of hydrogen-bond acceptors (Lipinski definition) is 5. The van der Waals surface area contributed by atoms with E-state index in [-0.39, 0.29) is 5.97 Å². The summed E-state index contributed by atoms with van der Waals surface area (Å²) in [4.78, 5) is 14.6. The van der Waals surface area contributed by atoms with Gasteiger partial charge >= 0.3 is 5.97 Å². The largest absolute Gasteiger partial charge is 0.465 e. The summed E-state index contributed by atoms with van der Waals surface area (Å²) in [5.41, 5.74) is -0.595. The normalized spacial score (nSPS) is 29.8. The van der Waals surface area contributed by atoms with Crippen LogP contribution in [0.1, 0.15) is 39.5 Å². The highest BCUT2D eigenvalue weighted by Crippen LogP contribution is 2.30. The Morgan fingerprint density at radius 2 is 2.30 bits per heavy atom. The molecule has 5 heteroatoms. The van der Waals surface area contributed by atoms with E-state index in [0.29, 0.717) is 18.8 Å². The van der Waals surface area contributed by atoms with Gasteiger partial charge in [-0.3, -0.25) is 9.69 Å². The number of carbonyl (C=O) groups excluding carboxylic acids is 1. The molecule has 1 saturated carbocycles. The lowest BCUT2D eigenvalue weighted by molar-refractivity contribution is -0.151. The van der Waals surface area contributed by atoms with Crippen molar-refractivity contribution in [3.63, 3.8) is 0 Å². The predicted octanol–water partition coefficient (Wildman–Crippen LogP) is 1.17. The van der Waals surface area contributed by atoms with Crippen LogP contribution >= 0.6 is 0 Å². The summed E-state index contributed by atoms with van der Waals surface area (Å²) >= 11 is 0. The van der Waals surface area contributed by atoms with Gasteiger partial charge in [-0.1, -0.05) is 0 Å². The van der Waals surface area contributed by atoms with Gasteiger partial charge in [-0.05, 0) is 46.6 Å². The van der Waals surface area contributed by atoms with Crippen molar-refractivity contribution in [2.45, 2.75) is 57.2 Å². The Labute approximate surface area is 122 Å². The molecular weight excluding hydrogens is 256 g/mol. The highest BCUT2D eigenvalue weighted by molar-refractivity contribution is 5.80. The maximum atomic E-state index is 12.1. The first kappa shape index (κ1) is 15.7. The third-order valence-electron chi connectivity index (χ3n) is 4.77. The van der Waals surface area contributed by atoms with E-state index in [4.69, 9.17) is 9.47 Å². The zero-order chi connectivity index (χ0) is 14.6. The van der Waals surface area contributed by atoms with E-state index in [1.165, 1.54) is 19.3 Å². The van der Waals surface area contributed by atoms with Crippen LogP contribution in [0, 0.1) is 0 Å². The molecule has 2 rings (SSSR count). The highest BCUT2D eigenvalue weighted by Gasteiger charge is 2.38. The fourth-order valence-corrected chi connectivity index (χ4v) is 3.27. The van der Waals surface area contributed by atoms with Gasteiger partial charge in [0.2, 0.25) is 0 Å². The average Bonchev–Trinajstić information content (AvgIpc) is 2.93. The molecule has 3 atom stereocenters. The summed E-state index contributed by atoms with van der Waals surface area (Å²) < 4.78 is 11.0. The highest BCUT2D eigenvalue weighted by atomic mass is 16.5. The van der Waals surface area contributed by atoms with E-state index < -0.39 is 5.54 Å². The molecule has 0 bridgehead atoms. The van der Waals surface area contributed by atoms with Crippen molar-refractivity contribution in [1.29, 1.82) is 0 Å². The molecule has 0 amide bonds. The minimum absolute atomic E-state index is 0.154. The minimum atomic E-state index is -0.595. The fraction of sp³-hybridized carbons (Fsp3) is 0.933. The number of esters is 1.